The van der Waals surface area contributed by atoms with Crippen LogP contribution in [-0.2, 0) is 0 Å². The first-order valence-corrected chi connectivity index (χ1v) is 7.22. The number of nitrogens with two attached hydrogens (primary N) is 1. The van der Waals surface area contributed by atoms with E-state index in [1.807, 2.05) is 0 Å². The molecular weight excluding hydrogens is 310 g/mol. The monoisotopic (exact) mass is 327 g/mol. The van der Waals surface area contributed by atoms with Crippen LogP contribution in [0.3, 0.4) is 0 Å². The van der Waals surface area contributed by atoms with Gasteiger partial charge in [-0.05, 0) is 24.3 Å². The van der Waals surface area contributed by atoms with Crippen molar-refractivity contribution in [1.29, 1.82) is 0 Å². The van der Waals surface area contributed by atoms with Gasteiger partial charge in [-0.25, -0.2) is 0 Å². The SMILES string of the molecule is COc1cc(-c2oc3ccccc3c(=O)c2N)cc(OC)c1OC. The number of rotatable bonds is 4. The normalized spacial score (nSPS) is 10.6. The fourth-order valence-corrected chi connectivity index (χ4v) is 2.58. The number of nitrogen functional groups attached to an aromatic ring is 1. The van der Waals surface area contributed by atoms with Crippen LogP contribution in [0.2, 0.25) is 0 Å². The molecule has 1 heterocycles. The van der Waals surface area contributed by atoms with Gasteiger partial charge in [-0.15, -0.1) is 0 Å². The van der Waals surface area contributed by atoms with Crippen molar-refractivity contribution < 1.29 is 18.6 Å². The summed E-state index contributed by atoms with van der Waals surface area (Å²) in [7, 11) is 4.55. The highest BCUT2D eigenvalue weighted by atomic mass is 16.5. The maximum absolute atomic E-state index is 12.5. The van der Waals surface area contributed by atoms with E-state index in [1.54, 1.807) is 36.4 Å². The lowest BCUT2D eigenvalue weighted by Crippen LogP contribution is -2.10. The molecule has 0 atom stereocenters. The highest BCUT2D eigenvalue weighted by Crippen LogP contribution is 2.42. The third kappa shape index (κ3) is 2.42. The van der Waals surface area contributed by atoms with Crippen LogP contribution in [0.4, 0.5) is 5.69 Å². The standard InChI is InChI=1S/C18H17NO5/c1-21-13-8-10(9-14(22-2)18(13)23-3)17-15(19)16(20)11-6-4-5-7-12(11)24-17/h4-9H,19H2,1-3H3. The lowest BCUT2D eigenvalue weighted by Gasteiger charge is -2.14. The van der Waals surface area contributed by atoms with Gasteiger partial charge < -0.3 is 24.4 Å². The van der Waals surface area contributed by atoms with Gasteiger partial charge in [-0.1, -0.05) is 12.1 Å². The molecule has 124 valence electrons. The molecule has 0 bridgehead atoms. The summed E-state index contributed by atoms with van der Waals surface area (Å²) in [4.78, 5) is 12.5. The van der Waals surface area contributed by atoms with Crippen molar-refractivity contribution in [3.8, 4) is 28.6 Å². The molecular formula is C18H17NO5. The second-order valence-electron chi connectivity index (χ2n) is 5.08. The minimum Gasteiger partial charge on any atom is -0.493 e. The Morgan fingerprint density at radius 1 is 0.958 bits per heavy atom. The zero-order chi connectivity index (χ0) is 17.3. The summed E-state index contributed by atoms with van der Waals surface area (Å²) in [6.45, 7) is 0. The number of methoxy groups -OCH3 is 3. The van der Waals surface area contributed by atoms with Crippen molar-refractivity contribution in [2.24, 2.45) is 0 Å². The van der Waals surface area contributed by atoms with Crippen LogP contribution >= 0.6 is 0 Å². The lowest BCUT2D eigenvalue weighted by atomic mass is 10.1. The highest BCUT2D eigenvalue weighted by Gasteiger charge is 2.19. The molecule has 0 fully saturated rings. The Labute approximate surface area is 138 Å². The largest absolute Gasteiger partial charge is 0.493 e. The second kappa shape index (κ2) is 6.16. The van der Waals surface area contributed by atoms with E-state index in [0.717, 1.165) is 0 Å². The number of fused-ring (bicyclic) bond motifs is 1. The van der Waals surface area contributed by atoms with Crippen LogP contribution in [0, 0.1) is 0 Å². The number of para-hydroxylation sites is 1. The first kappa shape index (κ1) is 15.7. The Morgan fingerprint density at radius 2 is 1.58 bits per heavy atom. The van der Waals surface area contributed by atoms with Gasteiger partial charge in [0.25, 0.3) is 0 Å². The van der Waals surface area contributed by atoms with Crippen molar-refractivity contribution in [1.82, 2.24) is 0 Å². The van der Waals surface area contributed by atoms with Gasteiger partial charge in [-0.3, -0.25) is 4.79 Å². The van der Waals surface area contributed by atoms with Crippen molar-refractivity contribution in [3.05, 3.63) is 46.6 Å². The van der Waals surface area contributed by atoms with Crippen LogP contribution in [0.15, 0.2) is 45.6 Å². The number of anilines is 1. The molecule has 3 aromatic rings. The van der Waals surface area contributed by atoms with E-state index in [2.05, 4.69) is 0 Å². The zero-order valence-electron chi connectivity index (χ0n) is 13.6. The maximum Gasteiger partial charge on any atom is 0.216 e. The lowest BCUT2D eigenvalue weighted by molar-refractivity contribution is 0.324. The molecule has 0 saturated carbocycles. The summed E-state index contributed by atoms with van der Waals surface area (Å²) in [5, 5.41) is 0.436. The van der Waals surface area contributed by atoms with Crippen LogP contribution in [0.5, 0.6) is 17.2 Å². The molecule has 24 heavy (non-hydrogen) atoms. The van der Waals surface area contributed by atoms with Crippen LogP contribution < -0.4 is 25.4 Å². The number of benzene rings is 2. The number of hydrogen-bond donors (Lipinski definition) is 1. The van der Waals surface area contributed by atoms with E-state index < -0.39 is 0 Å². The topological polar surface area (TPSA) is 83.9 Å². The van der Waals surface area contributed by atoms with E-state index in [-0.39, 0.29) is 16.9 Å². The molecule has 0 radical (unpaired) electrons. The van der Waals surface area contributed by atoms with Crippen LogP contribution in [0.25, 0.3) is 22.3 Å². The summed E-state index contributed by atoms with van der Waals surface area (Å²) >= 11 is 0. The minimum absolute atomic E-state index is 0.0305. The average Bonchev–Trinajstić information content (AvgIpc) is 2.63. The molecule has 6 nitrogen and oxygen atoms in total. The van der Waals surface area contributed by atoms with Gasteiger partial charge in [-0.2, -0.15) is 0 Å². The Bertz CT molecular complexity index is 936. The molecule has 0 amide bonds. The predicted octanol–water partition coefficient (Wildman–Crippen LogP) is 3.07. The molecule has 2 aromatic carbocycles. The quantitative estimate of drug-likeness (QED) is 0.793. The second-order valence-corrected chi connectivity index (χ2v) is 5.08. The third-order valence-electron chi connectivity index (χ3n) is 3.76. The number of ether oxygens (including phenoxy) is 3. The molecule has 2 N–H and O–H groups in total. The van der Waals surface area contributed by atoms with Crippen LogP contribution in [-0.4, -0.2) is 21.3 Å². The highest BCUT2D eigenvalue weighted by molar-refractivity contribution is 5.85. The molecule has 1 aromatic heterocycles. The summed E-state index contributed by atoms with van der Waals surface area (Å²) in [6.07, 6.45) is 0. The van der Waals surface area contributed by atoms with Gasteiger partial charge in [0.05, 0.1) is 26.7 Å². The van der Waals surface area contributed by atoms with Crippen molar-refractivity contribution in [3.63, 3.8) is 0 Å². The molecule has 0 aliphatic heterocycles. The molecule has 3 rings (SSSR count). The fourth-order valence-electron chi connectivity index (χ4n) is 2.58. The van der Waals surface area contributed by atoms with Gasteiger partial charge in [0.1, 0.15) is 11.3 Å². The predicted molar refractivity (Wildman–Crippen MR) is 92.0 cm³/mol. The summed E-state index contributed by atoms with van der Waals surface area (Å²) < 4.78 is 21.8. The average molecular weight is 327 g/mol. The summed E-state index contributed by atoms with van der Waals surface area (Å²) in [5.41, 5.74) is 6.79. The minimum atomic E-state index is -0.277. The molecule has 0 aliphatic rings. The fraction of sp³-hybridized carbons (Fsp3) is 0.167. The third-order valence-corrected chi connectivity index (χ3v) is 3.76. The first-order chi connectivity index (χ1) is 11.6. The Morgan fingerprint density at radius 3 is 2.17 bits per heavy atom. The Balaban J connectivity index is 2.31. The molecule has 0 saturated heterocycles. The zero-order valence-corrected chi connectivity index (χ0v) is 13.6. The van der Waals surface area contributed by atoms with Gasteiger partial charge >= 0.3 is 0 Å². The smallest absolute Gasteiger partial charge is 0.216 e. The Kier molecular flexibility index (Phi) is 4.04. The van der Waals surface area contributed by atoms with Crippen LogP contribution in [0.1, 0.15) is 0 Å². The van der Waals surface area contributed by atoms with Crippen molar-refractivity contribution in [2.45, 2.75) is 0 Å². The van der Waals surface area contributed by atoms with Gasteiger partial charge in [0.2, 0.25) is 11.2 Å². The number of hydrogen-bond acceptors (Lipinski definition) is 6. The molecule has 0 spiro atoms. The maximum atomic E-state index is 12.5. The van der Waals surface area contributed by atoms with Gasteiger partial charge in [0.15, 0.2) is 17.3 Å². The molecule has 0 unspecified atom stereocenters. The Hall–Kier alpha value is -3.15. The van der Waals surface area contributed by atoms with E-state index >= 15 is 0 Å². The summed E-state index contributed by atoms with van der Waals surface area (Å²) in [5.74, 6) is 1.60. The summed E-state index contributed by atoms with van der Waals surface area (Å²) in [6, 6.07) is 10.3. The van der Waals surface area contributed by atoms with Crippen molar-refractivity contribution >= 4 is 16.7 Å². The van der Waals surface area contributed by atoms with E-state index in [0.29, 0.717) is 33.8 Å². The van der Waals surface area contributed by atoms with E-state index in [4.69, 9.17) is 24.4 Å². The van der Waals surface area contributed by atoms with E-state index in [9.17, 15) is 4.79 Å². The molecule has 0 aliphatic carbocycles. The first-order valence-electron chi connectivity index (χ1n) is 7.22. The molecule has 6 heteroatoms. The van der Waals surface area contributed by atoms with Gasteiger partial charge in [0, 0.05) is 5.56 Å². The van der Waals surface area contributed by atoms with E-state index in [1.165, 1.54) is 21.3 Å². The van der Waals surface area contributed by atoms with Crippen molar-refractivity contribution in [2.75, 3.05) is 27.1 Å².